The van der Waals surface area contributed by atoms with Crippen LogP contribution in [0.4, 0.5) is 0 Å². The van der Waals surface area contributed by atoms with E-state index < -0.39 is 116 Å². The van der Waals surface area contributed by atoms with Crippen LogP contribution in [0.25, 0.3) is 0 Å². The zero-order valence-electron chi connectivity index (χ0n) is 36.0. The Labute approximate surface area is 362 Å². The van der Waals surface area contributed by atoms with Crippen LogP contribution in [-0.2, 0) is 33.2 Å². The van der Waals surface area contributed by atoms with Crippen molar-refractivity contribution in [2.75, 3.05) is 19.8 Å². The minimum Gasteiger partial charge on any atom is -0.394 e. The molecule has 0 aromatic carbocycles. The van der Waals surface area contributed by atoms with E-state index in [9.17, 15) is 56.2 Å². The molecule has 0 spiro atoms. The molecule has 4 aliphatic carbocycles. The third-order valence-electron chi connectivity index (χ3n) is 16.8. The van der Waals surface area contributed by atoms with Gasteiger partial charge in [-0.25, -0.2) is 0 Å². The van der Waals surface area contributed by atoms with Crippen molar-refractivity contribution in [3.63, 3.8) is 0 Å². The fourth-order valence-electron chi connectivity index (χ4n) is 13.1. The second kappa shape index (κ2) is 17.8. The minimum absolute atomic E-state index is 0.0368. The molecule has 0 radical (unpaired) electrons. The number of aliphatic hydroxyl groups excluding tert-OH is 10. The highest BCUT2D eigenvalue weighted by molar-refractivity contribution is 5.28. The minimum atomic E-state index is -1.64. The molecule has 354 valence electrons. The summed E-state index contributed by atoms with van der Waals surface area (Å²) in [5, 5.41) is 117. The number of hydrogen-bond acceptors (Lipinski definition) is 18. The Morgan fingerprint density at radius 3 is 2.27 bits per heavy atom. The fourth-order valence-corrected chi connectivity index (χ4v) is 13.1. The van der Waals surface area contributed by atoms with Crippen LogP contribution in [0, 0.1) is 40.4 Å². The third-order valence-corrected chi connectivity index (χ3v) is 16.8. The van der Waals surface area contributed by atoms with E-state index in [1.54, 1.807) is 0 Å². The van der Waals surface area contributed by atoms with Gasteiger partial charge in [0.05, 0.1) is 44.2 Å². The van der Waals surface area contributed by atoms with Crippen molar-refractivity contribution < 1.29 is 89.3 Å². The lowest BCUT2D eigenvalue weighted by Gasteiger charge is -2.60. The summed E-state index contributed by atoms with van der Waals surface area (Å²) >= 11 is 0. The summed E-state index contributed by atoms with van der Waals surface area (Å²) in [5.74, 6) is -0.660. The summed E-state index contributed by atoms with van der Waals surface area (Å²) < 4.78 is 41.5. The van der Waals surface area contributed by atoms with Gasteiger partial charge in [-0.2, -0.15) is 0 Å². The van der Waals surface area contributed by atoms with Crippen molar-refractivity contribution in [1.82, 2.24) is 0 Å². The van der Waals surface area contributed by atoms with Crippen molar-refractivity contribution in [3.05, 3.63) is 23.8 Å². The average Bonchev–Trinajstić information content (AvgIpc) is 3.68. The molecular weight excluding hydrogens is 816 g/mol. The average molecular weight is 887 g/mol. The number of allylic oxidation sites excluding steroid dienone is 1. The van der Waals surface area contributed by atoms with Crippen LogP contribution in [0.5, 0.6) is 0 Å². The maximum atomic E-state index is 12.1. The molecule has 3 saturated carbocycles. The maximum Gasteiger partial charge on any atom is 0.187 e. The Hall–Kier alpha value is -1.24. The first kappa shape index (κ1) is 47.3. The number of hydrogen-bond donors (Lipinski definition) is 11. The normalized spacial score (nSPS) is 55.1. The molecule has 18 nitrogen and oxygen atoms in total. The molecule has 4 saturated heterocycles. The molecule has 0 unspecified atom stereocenters. The van der Waals surface area contributed by atoms with Gasteiger partial charge in [-0.3, -0.25) is 0 Å². The number of aliphatic hydroxyl groups is 11. The van der Waals surface area contributed by atoms with Crippen LogP contribution in [0.2, 0.25) is 0 Å². The van der Waals surface area contributed by atoms with Crippen molar-refractivity contribution >= 4 is 0 Å². The van der Waals surface area contributed by atoms with Gasteiger partial charge in [-0.05, 0) is 74.5 Å². The molecule has 0 aromatic heterocycles. The van der Waals surface area contributed by atoms with Crippen LogP contribution < -0.4 is 0 Å². The molecule has 4 aliphatic heterocycles. The van der Waals surface area contributed by atoms with E-state index in [1.807, 2.05) is 0 Å². The molecule has 0 amide bonds. The van der Waals surface area contributed by atoms with Crippen LogP contribution in [0.15, 0.2) is 23.8 Å². The monoisotopic (exact) mass is 886 g/mol. The van der Waals surface area contributed by atoms with Gasteiger partial charge in [0.2, 0.25) is 0 Å². The molecule has 8 rings (SSSR count). The van der Waals surface area contributed by atoms with Crippen molar-refractivity contribution in [2.45, 2.75) is 189 Å². The Balaban J connectivity index is 0.888. The Bertz CT molecular complexity index is 1630. The lowest BCUT2D eigenvalue weighted by molar-refractivity contribution is -0.358. The molecular formula is C44H70O18. The maximum absolute atomic E-state index is 12.1. The van der Waals surface area contributed by atoms with Gasteiger partial charge >= 0.3 is 0 Å². The summed E-state index contributed by atoms with van der Waals surface area (Å²) in [4.78, 5) is 0. The van der Waals surface area contributed by atoms with Gasteiger partial charge in [-0.15, -0.1) is 0 Å². The quantitative estimate of drug-likeness (QED) is 0.108. The molecule has 62 heavy (non-hydrogen) atoms. The highest BCUT2D eigenvalue weighted by Crippen LogP contribution is 2.70. The van der Waals surface area contributed by atoms with Crippen LogP contribution >= 0.6 is 0 Å². The van der Waals surface area contributed by atoms with Crippen molar-refractivity contribution in [3.8, 4) is 0 Å². The molecule has 7 fully saturated rings. The van der Waals surface area contributed by atoms with E-state index in [2.05, 4.69) is 33.4 Å². The molecule has 18 heteroatoms. The number of fused-ring (bicyclic) bond motifs is 7. The summed E-state index contributed by atoms with van der Waals surface area (Å²) in [6.45, 7) is 11.3. The fraction of sp³-hybridized carbons (Fsp3) is 0.909. The first-order chi connectivity index (χ1) is 29.2. The second-order valence-corrected chi connectivity index (χ2v) is 20.2. The smallest absolute Gasteiger partial charge is 0.187 e. The van der Waals surface area contributed by atoms with E-state index in [1.165, 1.54) is 6.92 Å². The van der Waals surface area contributed by atoms with Gasteiger partial charge in [0.25, 0.3) is 0 Å². The first-order valence-corrected chi connectivity index (χ1v) is 22.6. The Morgan fingerprint density at radius 2 is 1.55 bits per heavy atom. The first-order valence-electron chi connectivity index (χ1n) is 22.6. The van der Waals surface area contributed by atoms with E-state index in [-0.39, 0.29) is 61.2 Å². The van der Waals surface area contributed by atoms with E-state index in [0.717, 1.165) is 31.3 Å². The van der Waals surface area contributed by atoms with E-state index in [4.69, 9.17) is 33.2 Å². The van der Waals surface area contributed by atoms with Gasteiger partial charge < -0.3 is 89.3 Å². The van der Waals surface area contributed by atoms with Crippen LogP contribution in [0.1, 0.15) is 79.1 Å². The summed E-state index contributed by atoms with van der Waals surface area (Å²) in [7, 11) is 0. The van der Waals surface area contributed by atoms with Crippen molar-refractivity contribution in [1.29, 1.82) is 0 Å². The summed E-state index contributed by atoms with van der Waals surface area (Å²) in [6.07, 6.45) is -13.4. The summed E-state index contributed by atoms with van der Waals surface area (Å²) in [5.41, 5.74) is 1.10. The molecule has 11 N–H and O–H groups in total. The zero-order valence-corrected chi connectivity index (χ0v) is 36.0. The number of ether oxygens (including phenoxy) is 7. The van der Waals surface area contributed by atoms with E-state index >= 15 is 0 Å². The zero-order chi connectivity index (χ0) is 44.8. The van der Waals surface area contributed by atoms with Crippen molar-refractivity contribution in [2.24, 2.45) is 40.4 Å². The van der Waals surface area contributed by atoms with Gasteiger partial charge in [0, 0.05) is 24.2 Å². The van der Waals surface area contributed by atoms with E-state index in [0.29, 0.717) is 24.3 Å². The molecule has 8 aliphatic rings. The standard InChI is InChI=1S/C44H70O18/c1-18(16-56-39-36(53)35(52)33(50)28(15-45)60-39)8-11-44(55)19(2)30-27(62-44)14-25-23-7-6-21-12-22(13-29(47)43(21,5)24(23)9-10-42(25,30)4)59-41-38(32(49)26(46)17-57-41)61-40-37(54)34(51)31(48)20(3)58-40/h6,19-20,22-41,45-55H,1,7-17H2,2-5H3/t19-,20-,22+,23+,24-,25-,26-,27-,28+,29+,30-,31-,32-,33+,34+,35-,36+,37+,38+,39+,40-,41-,42-,43-,44+/m0/s1. The predicted octanol–water partition coefficient (Wildman–Crippen LogP) is -1.30. The molecule has 25 atom stereocenters. The van der Waals surface area contributed by atoms with Crippen LogP contribution in [-0.4, -0.2) is 186 Å². The molecule has 4 heterocycles. The second-order valence-electron chi connectivity index (χ2n) is 20.2. The summed E-state index contributed by atoms with van der Waals surface area (Å²) in [6, 6.07) is 0. The topological polar surface area (TPSA) is 287 Å². The predicted molar refractivity (Wildman–Crippen MR) is 213 cm³/mol. The largest absolute Gasteiger partial charge is 0.394 e. The molecule has 0 bridgehead atoms. The SMILES string of the molecule is C=C(CC[C@@]1(O)O[C@H]2C[C@H]3[C@@H]4CC=C5C[C@@H](O[C@@H]6OC[C@H](O)[C@H](O)[C@H]6O[C@@H]6O[C@@H](C)[C@H](O)[C@@H](O)[C@H]6O)C[C@@H](O)[C@]5(C)[C@H]4CC[C@]3(C)[C@H]2[C@@H]1C)CO[C@@H]1O[C@H](CO)[C@@H](O)[C@H](O)[C@H]1O. The van der Waals surface area contributed by atoms with Gasteiger partial charge in [0.1, 0.15) is 61.0 Å². The Morgan fingerprint density at radius 1 is 0.839 bits per heavy atom. The third kappa shape index (κ3) is 7.98. The van der Waals surface area contributed by atoms with Gasteiger partial charge in [-0.1, -0.05) is 44.6 Å². The highest BCUT2D eigenvalue weighted by Gasteiger charge is 2.68. The Kier molecular flexibility index (Phi) is 13.5. The lowest BCUT2D eigenvalue weighted by atomic mass is 9.46. The highest BCUT2D eigenvalue weighted by atomic mass is 16.8. The van der Waals surface area contributed by atoms with Crippen LogP contribution in [0.3, 0.4) is 0 Å². The molecule has 0 aromatic rings. The number of rotatable bonds is 11. The lowest BCUT2D eigenvalue weighted by Crippen LogP contribution is -2.62. The van der Waals surface area contributed by atoms with Gasteiger partial charge in [0.15, 0.2) is 24.7 Å².